The molecule has 0 spiro atoms. The van der Waals surface area contributed by atoms with Crippen LogP contribution in [0.1, 0.15) is 50.1 Å². The first-order valence-electron chi connectivity index (χ1n) is 5.91. The van der Waals surface area contributed by atoms with Gasteiger partial charge in [0.25, 0.3) is 0 Å². The minimum Gasteiger partial charge on any atom is -0.171 e. The van der Waals surface area contributed by atoms with Crippen molar-refractivity contribution in [1.29, 1.82) is 0 Å². The average Bonchev–Trinajstić information content (AvgIpc) is 2.24. The first kappa shape index (κ1) is 15.4. The molecular formula is C14H18ClF3. The highest BCUT2D eigenvalue weighted by Gasteiger charge is 2.28. The molecule has 0 radical (unpaired) electrons. The molecule has 0 fully saturated rings. The predicted octanol–water partition coefficient (Wildman–Crippen LogP) is 5.61. The highest BCUT2D eigenvalue weighted by atomic mass is 35.5. The molecule has 1 atom stereocenters. The van der Waals surface area contributed by atoms with Crippen molar-refractivity contribution in [2.45, 2.75) is 50.6 Å². The fourth-order valence-corrected chi connectivity index (χ4v) is 1.90. The van der Waals surface area contributed by atoms with Crippen LogP contribution in [-0.2, 0) is 5.41 Å². The maximum Gasteiger partial charge on any atom is 0.389 e. The molecule has 0 aromatic heterocycles. The van der Waals surface area contributed by atoms with Gasteiger partial charge in [0.05, 0.1) is 5.38 Å². The van der Waals surface area contributed by atoms with E-state index in [9.17, 15) is 13.2 Å². The lowest BCUT2D eigenvalue weighted by Crippen LogP contribution is -2.11. The van der Waals surface area contributed by atoms with Gasteiger partial charge < -0.3 is 0 Å². The van der Waals surface area contributed by atoms with Crippen LogP contribution in [0.3, 0.4) is 0 Å². The van der Waals surface area contributed by atoms with E-state index < -0.39 is 18.0 Å². The van der Waals surface area contributed by atoms with E-state index in [2.05, 4.69) is 20.8 Å². The van der Waals surface area contributed by atoms with Gasteiger partial charge in [0.1, 0.15) is 0 Å². The summed E-state index contributed by atoms with van der Waals surface area (Å²) in [6.45, 7) is 6.26. The molecule has 1 rings (SSSR count). The molecule has 1 aromatic carbocycles. The van der Waals surface area contributed by atoms with Gasteiger partial charge in [-0.25, -0.2) is 0 Å². The molecule has 0 amide bonds. The second-order valence-electron chi connectivity index (χ2n) is 5.49. The van der Waals surface area contributed by atoms with Crippen LogP contribution in [-0.4, -0.2) is 6.18 Å². The molecule has 1 aromatic rings. The second-order valence-corrected chi connectivity index (χ2v) is 6.02. The van der Waals surface area contributed by atoms with E-state index in [4.69, 9.17) is 11.6 Å². The minimum atomic E-state index is -4.14. The van der Waals surface area contributed by atoms with Gasteiger partial charge >= 0.3 is 6.18 Å². The fourth-order valence-electron chi connectivity index (χ4n) is 1.65. The molecule has 0 saturated heterocycles. The molecule has 0 aliphatic carbocycles. The van der Waals surface area contributed by atoms with E-state index in [0.29, 0.717) is 0 Å². The van der Waals surface area contributed by atoms with Crippen molar-refractivity contribution in [3.8, 4) is 0 Å². The standard InChI is InChI=1S/C14H18ClF3/c1-13(2,3)11-6-4-10(5-7-11)12(15)8-9-14(16,17)18/h4-7,12H,8-9H2,1-3H3. The van der Waals surface area contributed by atoms with E-state index in [0.717, 1.165) is 11.1 Å². The van der Waals surface area contributed by atoms with Crippen molar-refractivity contribution in [3.05, 3.63) is 35.4 Å². The van der Waals surface area contributed by atoms with Crippen LogP contribution in [0.15, 0.2) is 24.3 Å². The number of halogens is 4. The molecule has 18 heavy (non-hydrogen) atoms. The van der Waals surface area contributed by atoms with E-state index >= 15 is 0 Å². The van der Waals surface area contributed by atoms with Crippen molar-refractivity contribution in [1.82, 2.24) is 0 Å². The summed E-state index contributed by atoms with van der Waals surface area (Å²) in [5.41, 5.74) is 1.92. The van der Waals surface area contributed by atoms with Crippen LogP contribution in [0.25, 0.3) is 0 Å². The predicted molar refractivity (Wildman–Crippen MR) is 69.0 cm³/mol. The van der Waals surface area contributed by atoms with E-state index in [-0.39, 0.29) is 11.8 Å². The first-order valence-corrected chi connectivity index (χ1v) is 6.34. The Hall–Kier alpha value is -0.700. The molecule has 0 aliphatic rings. The van der Waals surface area contributed by atoms with Crippen LogP contribution in [0.2, 0.25) is 0 Å². The number of hydrogen-bond acceptors (Lipinski definition) is 0. The quantitative estimate of drug-likeness (QED) is 0.631. The zero-order chi connectivity index (χ0) is 14.0. The number of hydrogen-bond donors (Lipinski definition) is 0. The Balaban J connectivity index is 2.68. The van der Waals surface area contributed by atoms with Gasteiger partial charge in [-0.3, -0.25) is 0 Å². The normalized spacial score (nSPS) is 14.6. The van der Waals surface area contributed by atoms with E-state index in [1.54, 1.807) is 0 Å². The molecule has 102 valence electrons. The molecule has 0 N–H and O–H groups in total. The topological polar surface area (TPSA) is 0 Å². The third-order valence-corrected chi connectivity index (χ3v) is 3.29. The van der Waals surface area contributed by atoms with Crippen LogP contribution < -0.4 is 0 Å². The van der Waals surface area contributed by atoms with Crippen LogP contribution >= 0.6 is 11.6 Å². The smallest absolute Gasteiger partial charge is 0.171 e. The van der Waals surface area contributed by atoms with Crippen molar-refractivity contribution in [2.75, 3.05) is 0 Å². The molecule has 0 bridgehead atoms. The Bertz CT molecular complexity index is 374. The summed E-state index contributed by atoms with van der Waals surface area (Å²) < 4.78 is 36.3. The lowest BCUT2D eigenvalue weighted by molar-refractivity contribution is -0.135. The van der Waals surface area contributed by atoms with Crippen LogP contribution in [0, 0.1) is 0 Å². The SMILES string of the molecule is CC(C)(C)c1ccc(C(Cl)CCC(F)(F)F)cc1. The summed E-state index contributed by atoms with van der Waals surface area (Å²) in [5, 5.41) is -0.583. The van der Waals surface area contributed by atoms with Gasteiger partial charge in [0, 0.05) is 6.42 Å². The Morgan fingerprint density at radius 3 is 1.94 bits per heavy atom. The van der Waals surface area contributed by atoms with E-state index in [1.807, 2.05) is 24.3 Å². The van der Waals surface area contributed by atoms with Crippen molar-refractivity contribution in [2.24, 2.45) is 0 Å². The minimum absolute atomic E-state index is 0.0340. The molecule has 0 heterocycles. The summed E-state index contributed by atoms with van der Waals surface area (Å²) >= 11 is 5.98. The zero-order valence-electron chi connectivity index (χ0n) is 10.8. The van der Waals surface area contributed by atoms with Gasteiger partial charge in [0.15, 0.2) is 0 Å². The van der Waals surface area contributed by atoms with Gasteiger partial charge in [-0.1, -0.05) is 45.0 Å². The monoisotopic (exact) mass is 278 g/mol. The Morgan fingerprint density at radius 2 is 1.56 bits per heavy atom. The summed E-state index contributed by atoms with van der Waals surface area (Å²) in [6.07, 6.45) is -5.07. The fraction of sp³-hybridized carbons (Fsp3) is 0.571. The van der Waals surface area contributed by atoms with Crippen molar-refractivity contribution >= 4 is 11.6 Å². The molecular weight excluding hydrogens is 261 g/mol. The Morgan fingerprint density at radius 1 is 1.06 bits per heavy atom. The van der Waals surface area contributed by atoms with Gasteiger partial charge in [-0.15, -0.1) is 11.6 Å². The van der Waals surface area contributed by atoms with Gasteiger partial charge in [-0.05, 0) is 23.0 Å². The summed E-state index contributed by atoms with van der Waals surface area (Å²) in [6, 6.07) is 7.49. The van der Waals surface area contributed by atoms with Gasteiger partial charge in [-0.2, -0.15) is 13.2 Å². The lowest BCUT2D eigenvalue weighted by atomic mass is 9.86. The third kappa shape index (κ3) is 4.89. The van der Waals surface area contributed by atoms with Gasteiger partial charge in [0.2, 0.25) is 0 Å². The average molecular weight is 279 g/mol. The maximum atomic E-state index is 12.1. The Labute approximate surface area is 111 Å². The van der Waals surface area contributed by atoms with Crippen molar-refractivity contribution in [3.63, 3.8) is 0 Å². The summed E-state index contributed by atoms with van der Waals surface area (Å²) in [5.74, 6) is 0. The molecule has 0 nitrogen and oxygen atoms in total. The number of rotatable bonds is 3. The molecule has 0 saturated carbocycles. The summed E-state index contributed by atoms with van der Waals surface area (Å²) in [7, 11) is 0. The largest absolute Gasteiger partial charge is 0.389 e. The van der Waals surface area contributed by atoms with E-state index in [1.165, 1.54) is 0 Å². The zero-order valence-corrected chi connectivity index (χ0v) is 11.6. The Kier molecular flexibility index (Phi) is 4.71. The molecule has 0 aliphatic heterocycles. The van der Waals surface area contributed by atoms with Crippen LogP contribution in [0.5, 0.6) is 0 Å². The first-order chi connectivity index (χ1) is 8.09. The van der Waals surface area contributed by atoms with Crippen molar-refractivity contribution < 1.29 is 13.2 Å². The highest BCUT2D eigenvalue weighted by Crippen LogP contribution is 2.32. The van der Waals surface area contributed by atoms with Crippen LogP contribution in [0.4, 0.5) is 13.2 Å². The highest BCUT2D eigenvalue weighted by molar-refractivity contribution is 6.20. The molecule has 4 heteroatoms. The molecule has 1 unspecified atom stereocenters. The maximum absolute atomic E-state index is 12.1. The number of alkyl halides is 4. The second kappa shape index (κ2) is 5.52. The summed E-state index contributed by atoms with van der Waals surface area (Å²) in [4.78, 5) is 0. The third-order valence-electron chi connectivity index (χ3n) is 2.82. The number of benzene rings is 1. The lowest BCUT2D eigenvalue weighted by Gasteiger charge is -2.20.